The van der Waals surface area contributed by atoms with Gasteiger partial charge in [0, 0.05) is 18.7 Å². The molecule has 1 atom stereocenters. The summed E-state index contributed by atoms with van der Waals surface area (Å²) in [4.78, 5) is 12.1. The van der Waals surface area contributed by atoms with E-state index in [1.165, 1.54) is 6.07 Å². The van der Waals surface area contributed by atoms with Crippen molar-refractivity contribution in [2.45, 2.75) is 38.4 Å². The first-order valence-electron chi connectivity index (χ1n) is 6.43. The molecule has 0 aliphatic carbocycles. The Labute approximate surface area is 114 Å². The third-order valence-corrected chi connectivity index (χ3v) is 3.61. The number of nitro benzene ring substituents is 1. The predicted octanol–water partition coefficient (Wildman–Crippen LogP) is 3.99. The minimum atomic E-state index is -4.57. The Morgan fingerprint density at radius 2 is 2.05 bits per heavy atom. The summed E-state index contributed by atoms with van der Waals surface area (Å²) in [6.07, 6.45) is -1.76. The Kier molecular flexibility index (Phi) is 3.87. The van der Waals surface area contributed by atoms with Crippen LogP contribution in [0.2, 0.25) is 0 Å². The van der Waals surface area contributed by atoms with E-state index in [-0.39, 0.29) is 11.7 Å². The van der Waals surface area contributed by atoms with Crippen molar-refractivity contribution in [3.63, 3.8) is 0 Å². The highest BCUT2D eigenvalue weighted by molar-refractivity contribution is 5.65. The van der Waals surface area contributed by atoms with Gasteiger partial charge in [-0.1, -0.05) is 0 Å². The topological polar surface area (TPSA) is 46.4 Å². The summed E-state index contributed by atoms with van der Waals surface area (Å²) in [7, 11) is 0. The third kappa shape index (κ3) is 2.86. The van der Waals surface area contributed by atoms with Crippen molar-refractivity contribution in [1.29, 1.82) is 0 Å². The number of hydrogen-bond donors (Lipinski definition) is 0. The molecular weight excluding hydrogens is 273 g/mol. The lowest BCUT2D eigenvalue weighted by atomic mass is 10.0. The first-order chi connectivity index (χ1) is 9.30. The molecule has 2 rings (SSSR count). The maximum absolute atomic E-state index is 12.6. The van der Waals surface area contributed by atoms with Crippen LogP contribution < -0.4 is 4.90 Å². The van der Waals surface area contributed by atoms with Crippen molar-refractivity contribution < 1.29 is 18.1 Å². The van der Waals surface area contributed by atoms with Crippen LogP contribution in [0.5, 0.6) is 0 Å². The van der Waals surface area contributed by atoms with E-state index in [0.29, 0.717) is 12.6 Å². The van der Waals surface area contributed by atoms with Crippen LogP contribution in [-0.4, -0.2) is 17.5 Å². The fourth-order valence-electron chi connectivity index (χ4n) is 2.54. The first-order valence-corrected chi connectivity index (χ1v) is 6.43. The highest BCUT2D eigenvalue weighted by atomic mass is 19.4. The summed E-state index contributed by atoms with van der Waals surface area (Å²) in [5.41, 5.74) is -1.19. The quantitative estimate of drug-likeness (QED) is 0.610. The van der Waals surface area contributed by atoms with E-state index in [4.69, 9.17) is 0 Å². The van der Waals surface area contributed by atoms with Crippen LogP contribution in [0, 0.1) is 10.1 Å². The zero-order valence-electron chi connectivity index (χ0n) is 11.0. The van der Waals surface area contributed by atoms with Gasteiger partial charge >= 0.3 is 6.18 Å². The number of nitrogens with zero attached hydrogens (tertiary/aromatic N) is 2. The molecule has 20 heavy (non-hydrogen) atoms. The number of hydrogen-bond acceptors (Lipinski definition) is 3. The van der Waals surface area contributed by atoms with Crippen LogP contribution in [-0.2, 0) is 6.18 Å². The molecular formula is C13H15F3N2O2. The molecule has 1 aromatic carbocycles. The van der Waals surface area contributed by atoms with Crippen molar-refractivity contribution >= 4 is 11.4 Å². The Balaban J connectivity index is 2.45. The van der Waals surface area contributed by atoms with E-state index >= 15 is 0 Å². The molecule has 1 saturated heterocycles. The van der Waals surface area contributed by atoms with Crippen LogP contribution in [0.3, 0.4) is 0 Å². The second kappa shape index (κ2) is 5.30. The van der Waals surface area contributed by atoms with Crippen LogP contribution in [0.15, 0.2) is 18.2 Å². The predicted molar refractivity (Wildman–Crippen MR) is 68.8 cm³/mol. The minimum absolute atomic E-state index is 0.0965. The van der Waals surface area contributed by atoms with Gasteiger partial charge in [-0.05, 0) is 38.3 Å². The molecule has 0 spiro atoms. The Morgan fingerprint density at radius 1 is 1.35 bits per heavy atom. The monoisotopic (exact) mass is 288 g/mol. The number of rotatable bonds is 2. The zero-order chi connectivity index (χ0) is 14.9. The number of halogens is 3. The molecule has 0 amide bonds. The molecule has 0 radical (unpaired) electrons. The molecule has 1 aromatic rings. The molecule has 110 valence electrons. The maximum Gasteiger partial charge on any atom is 0.416 e. The molecule has 1 aliphatic heterocycles. The highest BCUT2D eigenvalue weighted by Crippen LogP contribution is 2.38. The average molecular weight is 288 g/mol. The summed E-state index contributed by atoms with van der Waals surface area (Å²) in [6.45, 7) is 2.56. The molecule has 1 heterocycles. The molecule has 0 aromatic heterocycles. The van der Waals surface area contributed by atoms with Gasteiger partial charge in [0.05, 0.1) is 10.5 Å². The Bertz CT molecular complexity index is 517. The lowest BCUT2D eigenvalue weighted by Gasteiger charge is -2.35. The maximum atomic E-state index is 12.6. The third-order valence-electron chi connectivity index (χ3n) is 3.61. The van der Waals surface area contributed by atoms with E-state index in [2.05, 4.69) is 0 Å². The van der Waals surface area contributed by atoms with Crippen LogP contribution >= 0.6 is 0 Å². The van der Waals surface area contributed by atoms with E-state index in [9.17, 15) is 23.3 Å². The van der Waals surface area contributed by atoms with E-state index in [1.807, 2.05) is 11.8 Å². The molecule has 0 saturated carbocycles. The number of benzene rings is 1. The van der Waals surface area contributed by atoms with Gasteiger partial charge in [0.1, 0.15) is 5.69 Å². The molecule has 0 bridgehead atoms. The summed E-state index contributed by atoms with van der Waals surface area (Å²) < 4.78 is 37.9. The minimum Gasteiger partial charge on any atom is -0.363 e. The van der Waals surface area contributed by atoms with Crippen molar-refractivity contribution in [2.24, 2.45) is 0 Å². The average Bonchev–Trinajstić information content (AvgIpc) is 2.37. The van der Waals surface area contributed by atoms with E-state index in [1.54, 1.807) is 0 Å². The zero-order valence-corrected chi connectivity index (χ0v) is 11.0. The van der Waals surface area contributed by atoms with Crippen LogP contribution in [0.25, 0.3) is 0 Å². The number of piperidine rings is 1. The summed E-state index contributed by atoms with van der Waals surface area (Å²) in [5, 5.41) is 11.1. The molecule has 4 nitrogen and oxygen atoms in total. The Hall–Kier alpha value is -1.79. The fourth-order valence-corrected chi connectivity index (χ4v) is 2.54. The van der Waals surface area contributed by atoms with Crippen molar-refractivity contribution in [3.05, 3.63) is 33.9 Å². The van der Waals surface area contributed by atoms with Crippen molar-refractivity contribution in [2.75, 3.05) is 11.4 Å². The molecule has 1 fully saturated rings. The molecule has 0 N–H and O–H groups in total. The van der Waals surface area contributed by atoms with Gasteiger partial charge in [0.2, 0.25) is 0 Å². The van der Waals surface area contributed by atoms with Crippen LogP contribution in [0.4, 0.5) is 24.5 Å². The molecule has 1 aliphatic rings. The van der Waals surface area contributed by atoms with Gasteiger partial charge in [0.15, 0.2) is 0 Å². The van der Waals surface area contributed by atoms with E-state index in [0.717, 1.165) is 25.3 Å². The standard InChI is InChI=1S/C13H15F3N2O2/c1-9-4-2-3-7-17(9)11-6-5-10(13(14,15)16)8-12(11)18(19)20/h5-6,8-9H,2-4,7H2,1H3. The summed E-state index contributed by atoms with van der Waals surface area (Å²) in [5.74, 6) is 0. The summed E-state index contributed by atoms with van der Waals surface area (Å²) in [6, 6.07) is 2.84. The smallest absolute Gasteiger partial charge is 0.363 e. The first kappa shape index (κ1) is 14.6. The lowest BCUT2D eigenvalue weighted by Crippen LogP contribution is -2.37. The number of alkyl halides is 3. The van der Waals surface area contributed by atoms with Crippen molar-refractivity contribution in [3.8, 4) is 0 Å². The van der Waals surface area contributed by atoms with Gasteiger partial charge in [-0.15, -0.1) is 0 Å². The van der Waals surface area contributed by atoms with E-state index < -0.39 is 22.4 Å². The fraction of sp³-hybridized carbons (Fsp3) is 0.538. The molecule has 7 heteroatoms. The number of anilines is 1. The normalized spacial score (nSPS) is 20.0. The van der Waals surface area contributed by atoms with Gasteiger partial charge in [-0.25, -0.2) is 0 Å². The Morgan fingerprint density at radius 3 is 2.60 bits per heavy atom. The number of nitro groups is 1. The van der Waals surface area contributed by atoms with Gasteiger partial charge in [0.25, 0.3) is 5.69 Å². The SMILES string of the molecule is CC1CCCCN1c1ccc(C(F)(F)F)cc1[N+](=O)[O-]. The van der Waals surface area contributed by atoms with Crippen LogP contribution in [0.1, 0.15) is 31.7 Å². The second-order valence-corrected chi connectivity index (χ2v) is 5.00. The lowest BCUT2D eigenvalue weighted by molar-refractivity contribution is -0.384. The second-order valence-electron chi connectivity index (χ2n) is 5.00. The summed E-state index contributed by atoms with van der Waals surface area (Å²) >= 11 is 0. The molecule has 1 unspecified atom stereocenters. The van der Waals surface area contributed by atoms with Gasteiger partial charge in [-0.3, -0.25) is 10.1 Å². The van der Waals surface area contributed by atoms with Gasteiger partial charge < -0.3 is 4.90 Å². The highest BCUT2D eigenvalue weighted by Gasteiger charge is 2.34. The largest absolute Gasteiger partial charge is 0.416 e. The van der Waals surface area contributed by atoms with Crippen molar-refractivity contribution in [1.82, 2.24) is 0 Å². The van der Waals surface area contributed by atoms with Gasteiger partial charge in [-0.2, -0.15) is 13.2 Å².